The minimum atomic E-state index is -0.351. The maximum absolute atomic E-state index is 12.9. The van der Waals surface area contributed by atoms with E-state index in [4.69, 9.17) is 23.2 Å². The second kappa shape index (κ2) is 3.65. The average molecular weight is 295 g/mol. The van der Waals surface area contributed by atoms with Gasteiger partial charge in [-0.15, -0.1) is 0 Å². The summed E-state index contributed by atoms with van der Waals surface area (Å²) in [5.41, 5.74) is 0.574. The molecule has 0 amide bonds. The van der Waals surface area contributed by atoms with Crippen LogP contribution in [0.1, 0.15) is 0 Å². The summed E-state index contributed by atoms with van der Waals surface area (Å²) in [4.78, 5) is 4.04. The molecule has 2 rings (SSSR count). The van der Waals surface area contributed by atoms with Crippen LogP contribution in [-0.2, 0) is 0 Å². The van der Waals surface area contributed by atoms with E-state index in [0.29, 0.717) is 20.4 Å². The molecule has 0 atom stereocenters. The first kappa shape index (κ1) is 10.1. The summed E-state index contributed by atoms with van der Waals surface area (Å²) in [6.07, 6.45) is 0. The minimum Gasteiger partial charge on any atom is -0.235 e. The summed E-state index contributed by atoms with van der Waals surface area (Å²) >= 11 is 14.9. The Balaban J connectivity index is 2.92. The Morgan fingerprint density at radius 3 is 2.71 bits per heavy atom. The van der Waals surface area contributed by atoms with Crippen LogP contribution in [-0.4, -0.2) is 4.98 Å². The van der Waals surface area contributed by atoms with Crippen molar-refractivity contribution in [2.24, 2.45) is 0 Å². The van der Waals surface area contributed by atoms with E-state index in [9.17, 15) is 4.39 Å². The average Bonchev–Trinajstić information content (AvgIpc) is 2.16. The van der Waals surface area contributed by atoms with Gasteiger partial charge in [0.25, 0.3) is 0 Å². The van der Waals surface area contributed by atoms with Gasteiger partial charge in [0.2, 0.25) is 0 Å². The Bertz CT molecular complexity index is 516. The van der Waals surface area contributed by atoms with Gasteiger partial charge < -0.3 is 0 Å². The fourth-order valence-electron chi connectivity index (χ4n) is 1.15. The van der Waals surface area contributed by atoms with Crippen LogP contribution in [0.2, 0.25) is 10.2 Å². The lowest BCUT2D eigenvalue weighted by Gasteiger charge is -2.03. The summed E-state index contributed by atoms with van der Waals surface area (Å²) in [5, 5.41) is 1.19. The van der Waals surface area contributed by atoms with Crippen molar-refractivity contribution in [3.8, 4) is 0 Å². The zero-order valence-corrected chi connectivity index (χ0v) is 9.79. The topological polar surface area (TPSA) is 12.9 Å². The van der Waals surface area contributed by atoms with Crippen LogP contribution < -0.4 is 0 Å². The van der Waals surface area contributed by atoms with Gasteiger partial charge in [0.1, 0.15) is 11.0 Å². The van der Waals surface area contributed by atoms with Gasteiger partial charge in [-0.1, -0.05) is 23.2 Å². The van der Waals surface area contributed by atoms with Crippen molar-refractivity contribution < 1.29 is 4.39 Å². The quantitative estimate of drug-likeness (QED) is 0.655. The monoisotopic (exact) mass is 293 g/mol. The van der Waals surface area contributed by atoms with E-state index in [2.05, 4.69) is 20.9 Å². The van der Waals surface area contributed by atoms with Crippen LogP contribution >= 0.6 is 39.1 Å². The van der Waals surface area contributed by atoms with Crippen molar-refractivity contribution in [2.75, 3.05) is 0 Å². The molecule has 1 aromatic heterocycles. The van der Waals surface area contributed by atoms with Gasteiger partial charge in [0, 0.05) is 5.39 Å². The van der Waals surface area contributed by atoms with Crippen LogP contribution in [0.25, 0.3) is 10.9 Å². The molecule has 0 radical (unpaired) electrons. The largest absolute Gasteiger partial charge is 0.235 e. The van der Waals surface area contributed by atoms with E-state index in [1.165, 1.54) is 18.2 Å². The van der Waals surface area contributed by atoms with Gasteiger partial charge in [0.15, 0.2) is 0 Å². The van der Waals surface area contributed by atoms with Gasteiger partial charge >= 0.3 is 0 Å². The Hall–Kier alpha value is -0.380. The highest BCUT2D eigenvalue weighted by Crippen LogP contribution is 2.34. The van der Waals surface area contributed by atoms with E-state index in [1.54, 1.807) is 0 Å². The van der Waals surface area contributed by atoms with Gasteiger partial charge in [0.05, 0.1) is 15.0 Å². The molecular weight excluding hydrogens is 292 g/mol. The van der Waals surface area contributed by atoms with Crippen molar-refractivity contribution in [2.45, 2.75) is 0 Å². The molecule has 1 aromatic carbocycles. The summed E-state index contributed by atoms with van der Waals surface area (Å²) in [6.45, 7) is 0. The number of fused-ring (bicyclic) bond motifs is 1. The molecule has 0 bridgehead atoms. The van der Waals surface area contributed by atoms with E-state index in [0.717, 1.165) is 0 Å². The van der Waals surface area contributed by atoms with Gasteiger partial charge in [-0.3, -0.25) is 0 Å². The predicted octanol–water partition coefficient (Wildman–Crippen LogP) is 4.44. The van der Waals surface area contributed by atoms with Crippen LogP contribution in [0.3, 0.4) is 0 Å². The smallest absolute Gasteiger partial charge is 0.145 e. The standard InChI is InChI=1S/C9H3BrCl2FN/c10-7-8(11)5-3-4(13)1-2-6(5)14-9(7)12/h1-3H. The molecule has 0 aliphatic heterocycles. The lowest BCUT2D eigenvalue weighted by atomic mass is 10.2. The highest BCUT2D eigenvalue weighted by atomic mass is 79.9. The zero-order chi connectivity index (χ0) is 10.3. The molecule has 14 heavy (non-hydrogen) atoms. The minimum absolute atomic E-state index is 0.272. The number of hydrogen-bond donors (Lipinski definition) is 0. The normalized spacial score (nSPS) is 10.9. The molecule has 5 heteroatoms. The molecule has 1 heterocycles. The summed E-state index contributed by atoms with van der Waals surface area (Å²) in [6, 6.07) is 4.18. The molecule has 0 aliphatic carbocycles. The van der Waals surface area contributed by atoms with Crippen molar-refractivity contribution in [1.82, 2.24) is 4.98 Å². The number of rotatable bonds is 0. The maximum atomic E-state index is 12.9. The zero-order valence-electron chi connectivity index (χ0n) is 6.69. The second-order valence-electron chi connectivity index (χ2n) is 2.69. The molecule has 0 fully saturated rings. The van der Waals surface area contributed by atoms with Crippen LogP contribution in [0.15, 0.2) is 22.7 Å². The SMILES string of the molecule is Fc1ccc2nc(Cl)c(Br)c(Cl)c2c1. The van der Waals surface area contributed by atoms with Crippen LogP contribution in [0, 0.1) is 5.82 Å². The third-order valence-corrected chi connectivity index (χ3v) is 3.68. The molecule has 0 N–H and O–H groups in total. The predicted molar refractivity (Wildman–Crippen MR) is 59.4 cm³/mol. The molecule has 0 saturated carbocycles. The highest BCUT2D eigenvalue weighted by Gasteiger charge is 2.10. The molecule has 0 unspecified atom stereocenters. The van der Waals surface area contributed by atoms with Crippen molar-refractivity contribution in [3.05, 3.63) is 38.7 Å². The van der Waals surface area contributed by atoms with Crippen molar-refractivity contribution in [3.63, 3.8) is 0 Å². The summed E-state index contributed by atoms with van der Waals surface area (Å²) in [5.74, 6) is -0.351. The fourth-order valence-corrected chi connectivity index (χ4v) is 1.92. The third-order valence-electron chi connectivity index (χ3n) is 1.79. The number of aromatic nitrogens is 1. The van der Waals surface area contributed by atoms with Gasteiger partial charge in [-0.25, -0.2) is 9.37 Å². The second-order valence-corrected chi connectivity index (χ2v) is 4.22. The number of benzene rings is 1. The van der Waals surface area contributed by atoms with E-state index in [-0.39, 0.29) is 11.0 Å². The Labute approximate surface area is 98.0 Å². The lowest BCUT2D eigenvalue weighted by molar-refractivity contribution is 0.629. The summed E-state index contributed by atoms with van der Waals surface area (Å²) in [7, 11) is 0. The highest BCUT2D eigenvalue weighted by molar-refractivity contribution is 9.10. The number of pyridine rings is 1. The molecular formula is C9H3BrCl2FN. The van der Waals surface area contributed by atoms with E-state index >= 15 is 0 Å². The number of hydrogen-bond acceptors (Lipinski definition) is 1. The molecule has 0 saturated heterocycles. The Kier molecular flexibility index (Phi) is 2.64. The van der Waals surface area contributed by atoms with E-state index in [1.807, 2.05) is 0 Å². The van der Waals surface area contributed by atoms with Crippen LogP contribution in [0.5, 0.6) is 0 Å². The van der Waals surface area contributed by atoms with Crippen molar-refractivity contribution >= 4 is 50.0 Å². The third kappa shape index (κ3) is 1.60. The van der Waals surface area contributed by atoms with Crippen LogP contribution in [0.4, 0.5) is 4.39 Å². The first-order valence-electron chi connectivity index (χ1n) is 3.69. The molecule has 1 nitrogen and oxygen atoms in total. The molecule has 0 aliphatic rings. The number of nitrogens with zero attached hydrogens (tertiary/aromatic N) is 1. The lowest BCUT2D eigenvalue weighted by Crippen LogP contribution is -1.85. The maximum Gasteiger partial charge on any atom is 0.145 e. The first-order valence-corrected chi connectivity index (χ1v) is 5.24. The Morgan fingerprint density at radius 1 is 1.29 bits per heavy atom. The number of halogens is 4. The molecule has 0 spiro atoms. The van der Waals surface area contributed by atoms with Gasteiger partial charge in [-0.2, -0.15) is 0 Å². The van der Waals surface area contributed by atoms with Crippen molar-refractivity contribution in [1.29, 1.82) is 0 Å². The molecule has 72 valence electrons. The Morgan fingerprint density at radius 2 is 2.00 bits per heavy atom. The van der Waals surface area contributed by atoms with Gasteiger partial charge in [-0.05, 0) is 34.1 Å². The first-order chi connectivity index (χ1) is 6.59. The summed E-state index contributed by atoms with van der Waals surface area (Å²) < 4.78 is 13.4. The molecule has 2 aromatic rings. The van der Waals surface area contributed by atoms with E-state index < -0.39 is 0 Å². The fraction of sp³-hybridized carbons (Fsp3) is 0.